The second-order valence-electron chi connectivity index (χ2n) is 2.95. The van der Waals surface area contributed by atoms with Gasteiger partial charge >= 0.3 is 58.4 Å². The van der Waals surface area contributed by atoms with Crippen molar-refractivity contribution in [1.29, 1.82) is 0 Å². The summed E-state index contributed by atoms with van der Waals surface area (Å²) in [6.07, 6.45) is -0.653. The molecule has 0 aromatic rings. The third kappa shape index (κ3) is 7.35. The average molecular weight is 221 g/mol. The Labute approximate surface area is 119 Å². The fourth-order valence-corrected chi connectivity index (χ4v) is 1.15. The van der Waals surface area contributed by atoms with Crippen LogP contribution in [-0.2, 0) is 4.74 Å². The predicted molar refractivity (Wildman–Crippen MR) is 41.1 cm³/mol. The molecule has 1 saturated heterocycles. The smallest absolute Gasteiger partial charge is 0.449 e. The first-order valence-corrected chi connectivity index (χ1v) is 4.09. The summed E-state index contributed by atoms with van der Waals surface area (Å²) in [5.41, 5.74) is 0. The van der Waals surface area contributed by atoms with Crippen LogP contribution in [-0.4, -0.2) is 44.7 Å². The number of hydrogen-bond donors (Lipinski definition) is 0. The van der Waals surface area contributed by atoms with Crippen molar-refractivity contribution in [3.63, 3.8) is 0 Å². The minimum atomic E-state index is -4.61. The van der Waals surface area contributed by atoms with E-state index in [1.165, 1.54) is 0 Å². The summed E-state index contributed by atoms with van der Waals surface area (Å²) in [5.74, 6) is 0. The van der Waals surface area contributed by atoms with Crippen molar-refractivity contribution in [2.45, 2.75) is 6.32 Å². The van der Waals surface area contributed by atoms with Gasteiger partial charge in [0.2, 0.25) is 0 Å². The second kappa shape index (κ2) is 6.81. The molecule has 1 aliphatic heterocycles. The van der Waals surface area contributed by atoms with Crippen LogP contribution in [0.3, 0.4) is 0 Å². The molecule has 0 aliphatic carbocycles. The second-order valence-corrected chi connectivity index (χ2v) is 2.95. The standard InChI is InChI=1S/C6H12BF3NO.K/c8-7(9,10)1-2-11-3-5-12-6-4-11;/h1-6H2;/q-1;+1. The SMILES string of the molecule is F[B-](F)(F)CCN1CCOCC1.[K+]. The van der Waals surface area contributed by atoms with Crippen LogP contribution in [0.2, 0.25) is 6.32 Å². The van der Waals surface area contributed by atoms with Crippen LogP contribution >= 0.6 is 0 Å². The maximum atomic E-state index is 11.8. The fraction of sp³-hybridized carbons (Fsp3) is 1.00. The molecule has 0 saturated carbocycles. The minimum absolute atomic E-state index is 0. The normalized spacial score (nSPS) is 19.6. The molecular formula is C6H12BF3KNO. The number of nitrogens with zero attached hydrogens (tertiary/aromatic N) is 1. The van der Waals surface area contributed by atoms with Gasteiger partial charge in [-0.15, -0.1) is 0 Å². The molecule has 0 spiro atoms. The van der Waals surface area contributed by atoms with E-state index < -0.39 is 13.3 Å². The van der Waals surface area contributed by atoms with E-state index in [0.717, 1.165) is 0 Å². The van der Waals surface area contributed by atoms with Gasteiger partial charge in [-0.3, -0.25) is 0 Å². The molecule has 1 heterocycles. The van der Waals surface area contributed by atoms with Crippen molar-refractivity contribution in [2.24, 2.45) is 0 Å². The quantitative estimate of drug-likeness (QED) is 0.520. The van der Waals surface area contributed by atoms with Gasteiger partial charge in [-0.25, -0.2) is 0 Å². The summed E-state index contributed by atoms with van der Waals surface area (Å²) in [5, 5.41) is 0. The number of hydrogen-bond acceptors (Lipinski definition) is 2. The number of ether oxygens (including phenoxy) is 1. The van der Waals surface area contributed by atoms with Gasteiger partial charge in [0.15, 0.2) is 0 Å². The van der Waals surface area contributed by atoms with Gasteiger partial charge < -0.3 is 22.6 Å². The first-order chi connectivity index (χ1) is 5.58. The Balaban J connectivity index is 0.00000144. The summed E-state index contributed by atoms with van der Waals surface area (Å²) in [4.78, 5) is 1.79. The van der Waals surface area contributed by atoms with Crippen molar-refractivity contribution in [1.82, 2.24) is 4.90 Å². The molecule has 2 nitrogen and oxygen atoms in total. The zero-order chi connectivity index (χ0) is 9.03. The van der Waals surface area contributed by atoms with Crippen LogP contribution < -0.4 is 51.4 Å². The molecule has 7 heteroatoms. The zero-order valence-electron chi connectivity index (χ0n) is 7.81. The molecule has 0 aromatic heterocycles. The summed E-state index contributed by atoms with van der Waals surface area (Å²) >= 11 is 0. The molecule has 72 valence electrons. The maximum absolute atomic E-state index is 11.8. The van der Waals surface area contributed by atoms with Gasteiger partial charge in [0.05, 0.1) is 13.2 Å². The summed E-state index contributed by atoms with van der Waals surface area (Å²) in [6.45, 7) is -2.10. The van der Waals surface area contributed by atoms with Gasteiger partial charge in [0.1, 0.15) is 0 Å². The molecule has 0 radical (unpaired) electrons. The van der Waals surface area contributed by atoms with Gasteiger partial charge in [0.25, 0.3) is 0 Å². The van der Waals surface area contributed by atoms with E-state index in [2.05, 4.69) is 0 Å². The van der Waals surface area contributed by atoms with Crippen molar-refractivity contribution < 1.29 is 69.1 Å². The molecule has 13 heavy (non-hydrogen) atoms. The Morgan fingerprint density at radius 2 is 1.69 bits per heavy atom. The molecule has 0 amide bonds. The van der Waals surface area contributed by atoms with E-state index in [9.17, 15) is 12.9 Å². The van der Waals surface area contributed by atoms with Crippen LogP contribution in [0.15, 0.2) is 0 Å². The van der Waals surface area contributed by atoms with Crippen molar-refractivity contribution in [2.75, 3.05) is 32.8 Å². The van der Waals surface area contributed by atoms with Crippen LogP contribution in [0.25, 0.3) is 0 Å². The van der Waals surface area contributed by atoms with E-state index in [1.807, 2.05) is 0 Å². The van der Waals surface area contributed by atoms with Crippen LogP contribution in [0, 0.1) is 0 Å². The monoisotopic (exact) mass is 221 g/mol. The van der Waals surface area contributed by atoms with E-state index in [4.69, 9.17) is 4.74 Å². The van der Waals surface area contributed by atoms with Gasteiger partial charge in [-0.2, -0.15) is 0 Å². The van der Waals surface area contributed by atoms with Gasteiger partial charge in [-0.05, 0) is 6.54 Å². The maximum Gasteiger partial charge on any atom is 1.00 e. The number of rotatable bonds is 3. The Bertz CT molecular complexity index is 140. The van der Waals surface area contributed by atoms with Crippen molar-refractivity contribution in [3.05, 3.63) is 0 Å². The van der Waals surface area contributed by atoms with E-state index in [1.54, 1.807) is 4.90 Å². The largest absolute Gasteiger partial charge is 1.00 e. The Hall–Kier alpha value is 1.41. The third-order valence-corrected chi connectivity index (χ3v) is 1.88. The van der Waals surface area contributed by atoms with Crippen LogP contribution in [0.1, 0.15) is 0 Å². The molecule has 1 rings (SSSR count). The third-order valence-electron chi connectivity index (χ3n) is 1.88. The van der Waals surface area contributed by atoms with Gasteiger partial charge in [0, 0.05) is 13.1 Å². The molecule has 0 bridgehead atoms. The first kappa shape index (κ1) is 14.4. The number of halogens is 3. The zero-order valence-corrected chi connectivity index (χ0v) is 10.9. The van der Waals surface area contributed by atoms with Crippen LogP contribution in [0.5, 0.6) is 0 Å². The molecule has 0 unspecified atom stereocenters. The van der Waals surface area contributed by atoms with E-state index in [0.29, 0.717) is 26.3 Å². The minimum Gasteiger partial charge on any atom is -0.449 e. The fourth-order valence-electron chi connectivity index (χ4n) is 1.15. The summed E-state index contributed by atoms with van der Waals surface area (Å²) in [7, 11) is 0. The van der Waals surface area contributed by atoms with Crippen molar-refractivity contribution in [3.8, 4) is 0 Å². The topological polar surface area (TPSA) is 12.5 Å². The predicted octanol–water partition coefficient (Wildman–Crippen LogP) is -1.83. The summed E-state index contributed by atoms with van der Waals surface area (Å²) < 4.78 is 40.5. The molecule has 0 aromatic carbocycles. The number of morpholine rings is 1. The molecule has 1 aliphatic rings. The molecule has 0 N–H and O–H groups in total. The first-order valence-electron chi connectivity index (χ1n) is 4.09. The van der Waals surface area contributed by atoms with E-state index >= 15 is 0 Å². The van der Waals surface area contributed by atoms with E-state index in [-0.39, 0.29) is 57.9 Å². The Kier molecular flexibility index (Phi) is 7.55. The Morgan fingerprint density at radius 3 is 2.15 bits per heavy atom. The summed E-state index contributed by atoms with van der Waals surface area (Å²) in [6, 6.07) is 0. The molecule has 0 atom stereocenters. The van der Waals surface area contributed by atoms with Gasteiger partial charge in [-0.1, -0.05) is 6.32 Å². The molecular weight excluding hydrogens is 209 g/mol. The average Bonchev–Trinajstić information content (AvgIpc) is 2.02. The Morgan fingerprint density at radius 1 is 1.15 bits per heavy atom. The van der Waals surface area contributed by atoms with Crippen molar-refractivity contribution >= 4 is 6.98 Å². The molecule has 1 fully saturated rings. The van der Waals surface area contributed by atoms with Crippen LogP contribution in [0.4, 0.5) is 12.9 Å².